The number of esters is 1. The maximum atomic E-state index is 13.3. The van der Waals surface area contributed by atoms with Crippen molar-refractivity contribution in [1.82, 2.24) is 20.9 Å². The third-order valence-electron chi connectivity index (χ3n) is 7.62. The molecule has 1 aromatic carbocycles. The highest BCUT2D eigenvalue weighted by molar-refractivity contribution is 5.98. The van der Waals surface area contributed by atoms with Crippen LogP contribution in [0.5, 0.6) is 0 Å². The van der Waals surface area contributed by atoms with Crippen LogP contribution in [0, 0.1) is 11.8 Å². The van der Waals surface area contributed by atoms with Gasteiger partial charge in [0.05, 0.1) is 13.0 Å². The highest BCUT2D eigenvalue weighted by Crippen LogP contribution is 2.24. The number of hydrogen-bond donors (Lipinski definition) is 6. The zero-order valence-corrected chi connectivity index (χ0v) is 26.0. The minimum atomic E-state index is -0.972. The van der Waals surface area contributed by atoms with E-state index < -0.39 is 35.8 Å². The average molecular weight is 618 g/mol. The summed E-state index contributed by atoms with van der Waals surface area (Å²) in [6, 6.07) is 4.16. The summed E-state index contributed by atoms with van der Waals surface area (Å²) < 4.78 is 4.82. The Morgan fingerprint density at radius 1 is 1.02 bits per heavy atom. The summed E-state index contributed by atoms with van der Waals surface area (Å²) in [6.07, 6.45) is 1.36. The third-order valence-corrected chi connectivity index (χ3v) is 7.62. The second-order valence-electron chi connectivity index (χ2n) is 11.4. The molecule has 14 nitrogen and oxygen atoms in total. The fraction of sp³-hybridized carbons (Fsp3) is 0.600. The van der Waals surface area contributed by atoms with Gasteiger partial charge in [0.25, 0.3) is 0 Å². The van der Waals surface area contributed by atoms with E-state index in [0.717, 1.165) is 5.56 Å². The molecule has 1 fully saturated rings. The number of rotatable bonds is 15. The summed E-state index contributed by atoms with van der Waals surface area (Å²) in [5.41, 5.74) is 12.2. The van der Waals surface area contributed by atoms with Crippen molar-refractivity contribution in [2.24, 2.45) is 23.3 Å². The number of piperidine rings is 1. The Morgan fingerprint density at radius 2 is 1.70 bits per heavy atom. The van der Waals surface area contributed by atoms with Crippen LogP contribution in [0.2, 0.25) is 0 Å². The first-order valence-corrected chi connectivity index (χ1v) is 15.0. The van der Waals surface area contributed by atoms with Gasteiger partial charge in [0.15, 0.2) is 0 Å². The fourth-order valence-corrected chi connectivity index (χ4v) is 5.07. The molecule has 1 aromatic rings. The Morgan fingerprint density at radius 3 is 2.27 bits per heavy atom. The van der Waals surface area contributed by atoms with Gasteiger partial charge in [-0.2, -0.15) is 0 Å². The lowest BCUT2D eigenvalue weighted by Crippen LogP contribution is -2.54. The summed E-state index contributed by atoms with van der Waals surface area (Å²) in [5.74, 6) is -2.57. The number of hydrogen-bond acceptors (Lipinski definition) is 8. The molecule has 0 bridgehead atoms. The standard InChI is InChI=1S/C30H47N7O7/c1-18(2)26(36-24(38)11-12-25(39)37-15-13-21(16-19(37)3)29(42)44-4)28(41)35-23(6-5-14-33-30(32)43)27(40)34-22-9-7-20(17-31)8-10-22/h7-10,18-19,21,23,26H,5-6,11-17,31H2,1-4H3,(H,34,40)(H,35,41)(H,36,38)(H3,32,33,43)/t19?,21?,23-,26-/m0/s1. The van der Waals surface area contributed by atoms with Crippen molar-refractivity contribution in [3.8, 4) is 0 Å². The first kappa shape index (κ1) is 36.0. The Balaban J connectivity index is 1.99. The van der Waals surface area contributed by atoms with Crippen LogP contribution in [0.1, 0.15) is 64.9 Å². The number of anilines is 1. The van der Waals surface area contributed by atoms with E-state index in [0.29, 0.717) is 38.0 Å². The smallest absolute Gasteiger partial charge is 0.312 e. The molecule has 0 spiro atoms. The SMILES string of the molecule is COC(=O)C1CCN(C(=O)CCC(=O)N[C@H](C(=O)N[C@@H](CCCNC(N)=O)C(=O)Nc2ccc(CN)cc2)C(C)C)C(C)C1. The minimum absolute atomic E-state index is 0.0493. The maximum Gasteiger partial charge on any atom is 0.312 e. The molecule has 2 unspecified atom stereocenters. The second kappa shape index (κ2) is 17.8. The summed E-state index contributed by atoms with van der Waals surface area (Å²) in [5, 5.41) is 10.7. The lowest BCUT2D eigenvalue weighted by Gasteiger charge is -2.36. The topological polar surface area (TPSA) is 215 Å². The number of nitrogens with zero attached hydrogens (tertiary/aromatic N) is 1. The first-order valence-electron chi connectivity index (χ1n) is 15.0. The van der Waals surface area contributed by atoms with Crippen molar-refractivity contribution in [2.45, 2.75) is 84.0 Å². The van der Waals surface area contributed by atoms with Crippen LogP contribution in [0.4, 0.5) is 10.5 Å². The Bertz CT molecular complexity index is 1160. The van der Waals surface area contributed by atoms with Crippen LogP contribution in [0.25, 0.3) is 0 Å². The van der Waals surface area contributed by atoms with E-state index in [9.17, 15) is 28.8 Å². The van der Waals surface area contributed by atoms with Gasteiger partial charge in [-0.25, -0.2) is 4.79 Å². The van der Waals surface area contributed by atoms with E-state index >= 15 is 0 Å². The average Bonchev–Trinajstić information content (AvgIpc) is 2.99. The molecule has 6 amide bonds. The van der Waals surface area contributed by atoms with E-state index in [1.54, 1.807) is 43.0 Å². The summed E-state index contributed by atoms with van der Waals surface area (Å²) in [6.45, 7) is 6.33. The summed E-state index contributed by atoms with van der Waals surface area (Å²) in [4.78, 5) is 76.7. The van der Waals surface area contributed by atoms with Gasteiger partial charge in [-0.1, -0.05) is 26.0 Å². The molecule has 0 aliphatic carbocycles. The molecular formula is C30H47N7O7. The van der Waals surface area contributed by atoms with Crippen LogP contribution < -0.4 is 32.7 Å². The number of urea groups is 1. The number of ether oxygens (including phenoxy) is 1. The molecule has 1 aliphatic heterocycles. The normalized spacial score (nSPS) is 17.6. The van der Waals surface area contributed by atoms with Crippen molar-refractivity contribution >= 4 is 41.3 Å². The Labute approximate surface area is 258 Å². The number of primary amides is 1. The van der Waals surface area contributed by atoms with Crippen molar-refractivity contribution < 1.29 is 33.5 Å². The highest BCUT2D eigenvalue weighted by atomic mass is 16.5. The lowest BCUT2D eigenvalue weighted by molar-refractivity contribution is -0.150. The minimum Gasteiger partial charge on any atom is -0.469 e. The monoisotopic (exact) mass is 617 g/mol. The maximum absolute atomic E-state index is 13.3. The van der Waals surface area contributed by atoms with E-state index in [1.165, 1.54) is 7.11 Å². The van der Waals surface area contributed by atoms with E-state index in [2.05, 4.69) is 21.3 Å². The van der Waals surface area contributed by atoms with Crippen molar-refractivity contribution in [3.05, 3.63) is 29.8 Å². The molecule has 0 radical (unpaired) electrons. The molecule has 1 aliphatic rings. The van der Waals surface area contributed by atoms with Crippen LogP contribution in [-0.4, -0.2) is 78.9 Å². The van der Waals surface area contributed by atoms with Gasteiger partial charge in [0, 0.05) is 44.2 Å². The molecular weight excluding hydrogens is 570 g/mol. The number of likely N-dealkylation sites (tertiary alicyclic amines) is 1. The van der Waals surface area contributed by atoms with Gasteiger partial charge in [-0.05, 0) is 56.2 Å². The van der Waals surface area contributed by atoms with Crippen molar-refractivity contribution in [3.63, 3.8) is 0 Å². The largest absolute Gasteiger partial charge is 0.469 e. The Hall–Kier alpha value is -4.20. The molecule has 244 valence electrons. The molecule has 0 aromatic heterocycles. The number of carbonyl (C=O) groups excluding carboxylic acids is 6. The zero-order valence-electron chi connectivity index (χ0n) is 26.0. The van der Waals surface area contributed by atoms with Crippen LogP contribution in [-0.2, 0) is 35.3 Å². The number of amides is 6. The number of methoxy groups -OCH3 is 1. The number of benzene rings is 1. The van der Waals surface area contributed by atoms with Gasteiger partial charge >= 0.3 is 12.0 Å². The Kier molecular flexibility index (Phi) is 14.6. The quantitative estimate of drug-likeness (QED) is 0.122. The van der Waals surface area contributed by atoms with E-state index in [4.69, 9.17) is 16.2 Å². The molecule has 1 heterocycles. The number of nitrogens with one attached hydrogen (secondary N) is 4. The predicted octanol–water partition coefficient (Wildman–Crippen LogP) is 0.738. The van der Waals surface area contributed by atoms with E-state index in [-0.39, 0.29) is 55.6 Å². The van der Waals surface area contributed by atoms with Crippen LogP contribution in [0.3, 0.4) is 0 Å². The van der Waals surface area contributed by atoms with Gasteiger partial charge in [0.2, 0.25) is 23.6 Å². The molecule has 0 saturated carbocycles. The highest BCUT2D eigenvalue weighted by Gasteiger charge is 2.33. The third kappa shape index (κ3) is 11.5. The molecule has 1 saturated heterocycles. The fourth-order valence-electron chi connectivity index (χ4n) is 5.07. The lowest BCUT2D eigenvalue weighted by atomic mass is 9.91. The van der Waals surface area contributed by atoms with Gasteiger partial charge in [0.1, 0.15) is 12.1 Å². The van der Waals surface area contributed by atoms with Crippen molar-refractivity contribution in [2.75, 3.05) is 25.5 Å². The molecule has 14 heteroatoms. The van der Waals surface area contributed by atoms with E-state index in [1.807, 2.05) is 6.92 Å². The summed E-state index contributed by atoms with van der Waals surface area (Å²) in [7, 11) is 1.34. The van der Waals surface area contributed by atoms with Gasteiger partial charge in [-0.15, -0.1) is 0 Å². The first-order chi connectivity index (χ1) is 20.9. The molecule has 44 heavy (non-hydrogen) atoms. The van der Waals surface area contributed by atoms with Gasteiger partial charge in [-0.3, -0.25) is 24.0 Å². The zero-order chi connectivity index (χ0) is 32.8. The predicted molar refractivity (Wildman–Crippen MR) is 164 cm³/mol. The molecule has 2 rings (SSSR count). The number of nitrogens with two attached hydrogens (primary N) is 2. The van der Waals surface area contributed by atoms with Crippen molar-refractivity contribution in [1.29, 1.82) is 0 Å². The van der Waals surface area contributed by atoms with Gasteiger partial charge < -0.3 is 42.4 Å². The number of carbonyl (C=O) groups is 6. The second-order valence-corrected chi connectivity index (χ2v) is 11.4. The van der Waals surface area contributed by atoms with Crippen LogP contribution in [0.15, 0.2) is 24.3 Å². The van der Waals surface area contributed by atoms with Crippen LogP contribution >= 0.6 is 0 Å². The molecule has 4 atom stereocenters. The summed E-state index contributed by atoms with van der Waals surface area (Å²) >= 11 is 0. The molecule has 8 N–H and O–H groups in total.